The molecule has 1 N–H and O–H groups in total. The Morgan fingerprint density at radius 3 is 2.05 bits per heavy atom. The van der Waals surface area contributed by atoms with Crippen LogP contribution in [0.3, 0.4) is 0 Å². The molecule has 0 fully saturated rings. The molecule has 0 saturated heterocycles. The number of nitrogens with zero attached hydrogens (tertiary/aromatic N) is 2. The zero-order chi connectivity index (χ0) is 28.6. The monoisotopic (exact) mass is 582 g/mol. The first-order valence-corrected chi connectivity index (χ1v) is 13.9. The van der Waals surface area contributed by atoms with Gasteiger partial charge in [0.05, 0.1) is 38.4 Å². The largest absolute Gasteiger partial charge is 0.481 e. The van der Waals surface area contributed by atoms with Gasteiger partial charge in [0.25, 0.3) is 6.47 Å². The predicted molar refractivity (Wildman–Crippen MR) is 158 cm³/mol. The van der Waals surface area contributed by atoms with Gasteiger partial charge in [0.1, 0.15) is 6.10 Å². The van der Waals surface area contributed by atoms with Crippen LogP contribution in [0.25, 0.3) is 22.3 Å². The van der Waals surface area contributed by atoms with Crippen LogP contribution in [0, 0.1) is 0 Å². The Bertz CT molecular complexity index is 1760. The number of aliphatic carboxylic acids is 1. The van der Waals surface area contributed by atoms with Crippen LogP contribution < -0.4 is 0 Å². The molecule has 0 radical (unpaired) electrons. The molecule has 5 aromatic rings. The number of carbonyl (C=O) groups is 2. The minimum Gasteiger partial charge on any atom is -0.481 e. The van der Waals surface area contributed by atoms with Gasteiger partial charge in [0.15, 0.2) is 0 Å². The lowest BCUT2D eigenvalue weighted by molar-refractivity contribution is -0.140. The summed E-state index contributed by atoms with van der Waals surface area (Å²) in [7, 11) is 0. The molecule has 3 atom stereocenters. The lowest BCUT2D eigenvalue weighted by atomic mass is 9.68. The van der Waals surface area contributed by atoms with Gasteiger partial charge in [0.2, 0.25) is 0 Å². The molecule has 1 heterocycles. The topological polar surface area (TPSA) is 89.4 Å². The van der Waals surface area contributed by atoms with E-state index in [1.54, 1.807) is 12.1 Å². The number of rotatable bonds is 9. The number of carboxylic acid groups (broad SMARTS) is 1. The third kappa shape index (κ3) is 4.83. The maximum absolute atomic E-state index is 12.9. The number of carbonyl (C=O) groups excluding carboxylic acids is 1. The highest BCUT2D eigenvalue weighted by atomic mass is 35.5. The Kier molecular flexibility index (Phi) is 7.20. The first kappa shape index (κ1) is 26.9. The number of fused-ring (bicyclic) bond motifs is 4. The molecule has 6 nitrogen and oxygen atoms in total. The number of halogens is 2. The zero-order valence-electron chi connectivity index (χ0n) is 21.7. The Morgan fingerprint density at radius 1 is 0.829 bits per heavy atom. The summed E-state index contributed by atoms with van der Waals surface area (Å²) in [4.78, 5) is 34.7. The summed E-state index contributed by atoms with van der Waals surface area (Å²) < 4.78 is 5.70. The highest BCUT2D eigenvalue weighted by Crippen LogP contribution is 2.56. The molecule has 41 heavy (non-hydrogen) atoms. The van der Waals surface area contributed by atoms with Crippen molar-refractivity contribution in [3.63, 3.8) is 0 Å². The summed E-state index contributed by atoms with van der Waals surface area (Å²) in [6.45, 7) is 0.437. The second-order valence-corrected chi connectivity index (χ2v) is 11.0. The molecule has 0 aliphatic heterocycles. The summed E-state index contributed by atoms with van der Waals surface area (Å²) >= 11 is 12.7. The third-order valence-electron chi connectivity index (χ3n) is 7.83. The van der Waals surface area contributed by atoms with Crippen molar-refractivity contribution >= 4 is 46.7 Å². The van der Waals surface area contributed by atoms with Crippen molar-refractivity contribution in [1.82, 2.24) is 9.97 Å². The smallest absolute Gasteiger partial charge is 0.311 e. The fraction of sp³-hybridized carbons (Fsp3) is 0.152. The Morgan fingerprint density at radius 2 is 1.41 bits per heavy atom. The summed E-state index contributed by atoms with van der Waals surface area (Å²) in [5, 5.41) is 11.2. The summed E-state index contributed by atoms with van der Waals surface area (Å²) in [5.41, 5.74) is 4.56. The summed E-state index contributed by atoms with van der Waals surface area (Å²) in [5.74, 6) is -1.84. The van der Waals surface area contributed by atoms with Crippen LogP contribution in [-0.2, 0) is 19.7 Å². The van der Waals surface area contributed by atoms with Gasteiger partial charge in [-0.1, -0.05) is 108 Å². The van der Waals surface area contributed by atoms with Crippen molar-refractivity contribution in [1.29, 1.82) is 0 Å². The molecule has 8 heteroatoms. The van der Waals surface area contributed by atoms with Crippen molar-refractivity contribution in [2.45, 2.75) is 30.3 Å². The summed E-state index contributed by atoms with van der Waals surface area (Å²) in [6.07, 6.45) is -0.273. The van der Waals surface area contributed by atoms with Crippen LogP contribution in [-0.4, -0.2) is 27.5 Å². The molecule has 1 aliphatic rings. The fourth-order valence-electron chi connectivity index (χ4n) is 5.98. The molecule has 0 bridgehead atoms. The zero-order valence-corrected chi connectivity index (χ0v) is 23.2. The average Bonchev–Trinajstić information content (AvgIpc) is 3.24. The van der Waals surface area contributed by atoms with Gasteiger partial charge in [0, 0.05) is 17.4 Å². The van der Waals surface area contributed by atoms with Crippen molar-refractivity contribution in [2.24, 2.45) is 0 Å². The van der Waals surface area contributed by atoms with Gasteiger partial charge in [-0.3, -0.25) is 9.59 Å². The van der Waals surface area contributed by atoms with E-state index in [1.807, 2.05) is 84.9 Å². The van der Waals surface area contributed by atoms with E-state index >= 15 is 0 Å². The Labute approximate surface area is 246 Å². The molecule has 6 rings (SSSR count). The lowest BCUT2D eigenvalue weighted by Crippen LogP contribution is -2.34. The summed E-state index contributed by atoms with van der Waals surface area (Å²) in [6, 6.07) is 29.7. The second-order valence-electron chi connectivity index (χ2n) is 10.1. The lowest BCUT2D eigenvalue weighted by Gasteiger charge is -2.36. The highest BCUT2D eigenvalue weighted by molar-refractivity contribution is 6.42. The SMILES string of the molecule is O=COC(CC1(CC(C(=O)O)c2ccccc2)c2ccccc2-c2nc3cc(Cl)c(Cl)cc3nc21)c1ccccc1. The van der Waals surface area contributed by atoms with Crippen LogP contribution in [0.1, 0.15) is 47.2 Å². The third-order valence-corrected chi connectivity index (χ3v) is 8.56. The minimum atomic E-state index is -0.984. The molecular formula is C33H24Cl2N2O4. The standard InChI is InChI=1S/C33H24Cl2N2O4/c34-25-15-27-28(16-26(25)35)37-31-30(36-27)22-13-7-8-14-24(22)33(31,17-23(32(39)40)20-9-3-1-4-10-20)18-29(41-19-38)21-11-5-2-6-12-21/h1-16,19,23,29H,17-18H2,(H,39,40). The van der Waals surface area contributed by atoms with E-state index in [1.165, 1.54) is 0 Å². The molecule has 0 saturated carbocycles. The number of ether oxygens (including phenoxy) is 1. The van der Waals surface area contributed by atoms with Gasteiger partial charge >= 0.3 is 5.97 Å². The highest BCUT2D eigenvalue weighted by Gasteiger charge is 2.50. The molecular weight excluding hydrogens is 559 g/mol. The van der Waals surface area contributed by atoms with Crippen molar-refractivity contribution in [3.8, 4) is 11.3 Å². The van der Waals surface area contributed by atoms with Crippen LogP contribution in [0.15, 0.2) is 97.1 Å². The van der Waals surface area contributed by atoms with Crippen molar-refractivity contribution in [3.05, 3.63) is 129 Å². The average molecular weight is 583 g/mol. The maximum atomic E-state index is 12.9. The fourth-order valence-corrected chi connectivity index (χ4v) is 6.30. The molecule has 1 aromatic heterocycles. The van der Waals surface area contributed by atoms with Gasteiger partial charge in [-0.05, 0) is 35.2 Å². The van der Waals surface area contributed by atoms with E-state index in [0.29, 0.717) is 44.5 Å². The van der Waals surface area contributed by atoms with Crippen molar-refractivity contribution < 1.29 is 19.4 Å². The number of aromatic nitrogens is 2. The molecule has 4 aromatic carbocycles. The normalized spacial score (nSPS) is 16.9. The van der Waals surface area contributed by atoms with Crippen LogP contribution in [0.2, 0.25) is 10.0 Å². The first-order valence-electron chi connectivity index (χ1n) is 13.1. The van der Waals surface area contributed by atoms with E-state index in [4.69, 9.17) is 37.9 Å². The van der Waals surface area contributed by atoms with E-state index in [2.05, 4.69) is 0 Å². The Hall–Kier alpha value is -4.26. The quantitative estimate of drug-likeness (QED) is 0.178. The number of hydrogen-bond donors (Lipinski definition) is 1. The van der Waals surface area contributed by atoms with Gasteiger partial charge in [-0.15, -0.1) is 0 Å². The molecule has 1 aliphatic carbocycles. The predicted octanol–water partition coefficient (Wildman–Crippen LogP) is 7.77. The molecule has 0 spiro atoms. The van der Waals surface area contributed by atoms with Gasteiger partial charge < -0.3 is 9.84 Å². The first-order chi connectivity index (χ1) is 19.9. The van der Waals surface area contributed by atoms with Crippen LogP contribution in [0.4, 0.5) is 0 Å². The van der Waals surface area contributed by atoms with Crippen LogP contribution in [0.5, 0.6) is 0 Å². The minimum absolute atomic E-state index is 0.156. The van der Waals surface area contributed by atoms with E-state index in [9.17, 15) is 14.7 Å². The van der Waals surface area contributed by atoms with Gasteiger partial charge in [-0.2, -0.15) is 0 Å². The number of hydrogen-bond acceptors (Lipinski definition) is 5. The van der Waals surface area contributed by atoms with Gasteiger partial charge in [-0.25, -0.2) is 9.97 Å². The number of carboxylic acids is 1. The number of benzene rings is 4. The molecule has 204 valence electrons. The van der Waals surface area contributed by atoms with Crippen molar-refractivity contribution in [2.75, 3.05) is 0 Å². The van der Waals surface area contributed by atoms with Crippen LogP contribution >= 0.6 is 23.2 Å². The van der Waals surface area contributed by atoms with E-state index in [-0.39, 0.29) is 12.8 Å². The van der Waals surface area contributed by atoms with E-state index in [0.717, 1.165) is 16.7 Å². The molecule has 3 unspecified atom stereocenters. The molecule has 0 amide bonds. The maximum Gasteiger partial charge on any atom is 0.311 e. The van der Waals surface area contributed by atoms with E-state index < -0.39 is 23.4 Å². The second kappa shape index (κ2) is 11.0. The Balaban J connectivity index is 1.63.